The van der Waals surface area contributed by atoms with E-state index in [1.165, 1.54) is 4.70 Å². The Labute approximate surface area is 103 Å². The van der Waals surface area contributed by atoms with Crippen LogP contribution >= 0.6 is 11.3 Å². The first kappa shape index (κ1) is 10.4. The number of rotatable bonds is 3. The summed E-state index contributed by atoms with van der Waals surface area (Å²) in [5.74, 6) is 0.964. The van der Waals surface area contributed by atoms with Crippen LogP contribution < -0.4 is 5.73 Å². The highest BCUT2D eigenvalue weighted by Crippen LogP contribution is 2.25. The van der Waals surface area contributed by atoms with Crippen molar-refractivity contribution in [3.05, 3.63) is 42.5 Å². The van der Waals surface area contributed by atoms with Crippen LogP contribution in [0.25, 0.3) is 15.3 Å². The van der Waals surface area contributed by atoms with Crippen LogP contribution in [0.2, 0.25) is 0 Å². The van der Waals surface area contributed by atoms with Gasteiger partial charge in [0.05, 0.1) is 10.2 Å². The summed E-state index contributed by atoms with van der Waals surface area (Å²) in [7, 11) is 0. The SMILES string of the molecule is NCCc1nccn1-c1nc2ccccc2s1. The molecule has 2 N–H and O–H groups in total. The molecular weight excluding hydrogens is 232 g/mol. The Bertz CT molecular complexity index is 608. The van der Waals surface area contributed by atoms with Gasteiger partial charge in [0.1, 0.15) is 5.82 Å². The predicted octanol–water partition coefficient (Wildman–Crippen LogP) is 1.98. The zero-order valence-electron chi connectivity index (χ0n) is 9.21. The van der Waals surface area contributed by atoms with Crippen LogP contribution in [0.5, 0.6) is 0 Å². The molecule has 0 fully saturated rings. The molecule has 0 spiro atoms. The second kappa shape index (κ2) is 4.27. The lowest BCUT2D eigenvalue weighted by atomic mass is 10.3. The van der Waals surface area contributed by atoms with Crippen LogP contribution in [-0.2, 0) is 6.42 Å². The predicted molar refractivity (Wildman–Crippen MR) is 69.5 cm³/mol. The molecule has 0 radical (unpaired) electrons. The van der Waals surface area contributed by atoms with E-state index in [0.717, 1.165) is 22.9 Å². The number of hydrogen-bond acceptors (Lipinski definition) is 4. The first-order valence-electron chi connectivity index (χ1n) is 5.47. The van der Waals surface area contributed by atoms with Crippen LogP contribution in [0.4, 0.5) is 0 Å². The molecule has 0 amide bonds. The fraction of sp³-hybridized carbons (Fsp3) is 0.167. The summed E-state index contributed by atoms with van der Waals surface area (Å²) in [6, 6.07) is 8.13. The summed E-state index contributed by atoms with van der Waals surface area (Å²) in [6.45, 7) is 0.599. The number of benzene rings is 1. The van der Waals surface area contributed by atoms with Gasteiger partial charge in [0, 0.05) is 18.8 Å². The average molecular weight is 244 g/mol. The van der Waals surface area contributed by atoms with Gasteiger partial charge in [0.25, 0.3) is 0 Å². The molecule has 0 aliphatic rings. The third-order valence-corrected chi connectivity index (χ3v) is 3.61. The quantitative estimate of drug-likeness (QED) is 0.766. The zero-order valence-corrected chi connectivity index (χ0v) is 10.0. The number of hydrogen-bond donors (Lipinski definition) is 1. The molecule has 0 aliphatic heterocycles. The maximum atomic E-state index is 5.57. The average Bonchev–Trinajstić information content (AvgIpc) is 2.94. The fourth-order valence-electron chi connectivity index (χ4n) is 1.79. The van der Waals surface area contributed by atoms with Crippen molar-refractivity contribution in [2.75, 3.05) is 6.54 Å². The summed E-state index contributed by atoms with van der Waals surface area (Å²) in [4.78, 5) is 8.90. The Balaban J connectivity index is 2.10. The van der Waals surface area contributed by atoms with Crippen LogP contribution in [0.3, 0.4) is 0 Å². The van der Waals surface area contributed by atoms with E-state index in [2.05, 4.69) is 16.0 Å². The number of para-hydroxylation sites is 1. The van der Waals surface area contributed by atoms with Crippen molar-refractivity contribution in [1.29, 1.82) is 0 Å². The second-order valence-electron chi connectivity index (χ2n) is 3.72. The normalized spacial score (nSPS) is 11.1. The molecule has 86 valence electrons. The Morgan fingerprint density at radius 2 is 2.18 bits per heavy atom. The monoisotopic (exact) mass is 244 g/mol. The lowest BCUT2D eigenvalue weighted by Crippen LogP contribution is -2.08. The Morgan fingerprint density at radius 1 is 1.29 bits per heavy atom. The van der Waals surface area contributed by atoms with Crippen molar-refractivity contribution in [3.8, 4) is 5.13 Å². The van der Waals surface area contributed by atoms with E-state index in [-0.39, 0.29) is 0 Å². The van der Waals surface area contributed by atoms with E-state index in [4.69, 9.17) is 5.73 Å². The van der Waals surface area contributed by atoms with Crippen molar-refractivity contribution in [1.82, 2.24) is 14.5 Å². The van der Waals surface area contributed by atoms with Gasteiger partial charge < -0.3 is 5.73 Å². The highest BCUT2D eigenvalue weighted by atomic mass is 32.1. The molecule has 17 heavy (non-hydrogen) atoms. The molecule has 0 aliphatic carbocycles. The van der Waals surface area contributed by atoms with Crippen molar-refractivity contribution < 1.29 is 0 Å². The van der Waals surface area contributed by atoms with E-state index in [9.17, 15) is 0 Å². The maximum Gasteiger partial charge on any atom is 0.196 e. The molecule has 0 saturated carbocycles. The van der Waals surface area contributed by atoms with E-state index < -0.39 is 0 Å². The van der Waals surface area contributed by atoms with Crippen molar-refractivity contribution in [3.63, 3.8) is 0 Å². The Kier molecular flexibility index (Phi) is 2.62. The summed E-state index contributed by atoms with van der Waals surface area (Å²) in [5.41, 5.74) is 6.60. The number of aromatic nitrogens is 3. The fourth-order valence-corrected chi connectivity index (χ4v) is 2.76. The molecule has 2 aromatic heterocycles. The smallest absolute Gasteiger partial charge is 0.196 e. The van der Waals surface area contributed by atoms with Gasteiger partial charge >= 0.3 is 0 Å². The van der Waals surface area contributed by atoms with Crippen molar-refractivity contribution in [2.24, 2.45) is 5.73 Å². The molecule has 1 aromatic carbocycles. The number of nitrogens with zero attached hydrogens (tertiary/aromatic N) is 3. The molecule has 0 atom stereocenters. The third kappa shape index (κ3) is 1.83. The van der Waals surface area contributed by atoms with Crippen LogP contribution in [-0.4, -0.2) is 21.1 Å². The maximum absolute atomic E-state index is 5.57. The van der Waals surface area contributed by atoms with Gasteiger partial charge in [0.15, 0.2) is 5.13 Å². The largest absolute Gasteiger partial charge is 0.330 e. The van der Waals surface area contributed by atoms with Crippen LogP contribution in [0.15, 0.2) is 36.7 Å². The van der Waals surface area contributed by atoms with E-state index in [1.807, 2.05) is 29.0 Å². The molecule has 3 aromatic rings. The third-order valence-electron chi connectivity index (χ3n) is 2.57. The van der Waals surface area contributed by atoms with Crippen LogP contribution in [0, 0.1) is 0 Å². The van der Waals surface area contributed by atoms with Crippen LogP contribution in [0.1, 0.15) is 5.82 Å². The van der Waals surface area contributed by atoms with E-state index >= 15 is 0 Å². The standard InChI is InChI=1S/C12H12N4S/c13-6-5-11-14-7-8-16(11)12-15-9-3-1-2-4-10(9)17-12/h1-4,7-8H,5-6,13H2. The summed E-state index contributed by atoms with van der Waals surface area (Å²) >= 11 is 1.67. The highest BCUT2D eigenvalue weighted by Gasteiger charge is 2.08. The van der Waals surface area contributed by atoms with E-state index in [0.29, 0.717) is 6.54 Å². The van der Waals surface area contributed by atoms with Gasteiger partial charge in [-0.15, -0.1) is 0 Å². The summed E-state index contributed by atoms with van der Waals surface area (Å²) < 4.78 is 3.20. The van der Waals surface area contributed by atoms with Gasteiger partial charge in [-0.25, -0.2) is 9.97 Å². The first-order valence-corrected chi connectivity index (χ1v) is 6.28. The van der Waals surface area contributed by atoms with Gasteiger partial charge in [0.2, 0.25) is 0 Å². The number of thiazole rings is 1. The Hall–Kier alpha value is -1.72. The molecule has 3 rings (SSSR count). The molecule has 0 bridgehead atoms. The van der Waals surface area contributed by atoms with Gasteiger partial charge in [-0.05, 0) is 18.7 Å². The minimum atomic E-state index is 0.599. The van der Waals surface area contributed by atoms with Gasteiger partial charge in [-0.2, -0.15) is 0 Å². The molecular formula is C12H12N4S. The molecule has 5 heteroatoms. The minimum absolute atomic E-state index is 0.599. The van der Waals surface area contributed by atoms with Crippen molar-refractivity contribution in [2.45, 2.75) is 6.42 Å². The lowest BCUT2D eigenvalue weighted by Gasteiger charge is -2.01. The molecule has 0 saturated heterocycles. The minimum Gasteiger partial charge on any atom is -0.330 e. The zero-order chi connectivity index (χ0) is 11.7. The summed E-state index contributed by atoms with van der Waals surface area (Å²) in [5, 5.41) is 0.951. The summed E-state index contributed by atoms with van der Waals surface area (Å²) in [6.07, 6.45) is 4.49. The number of fused-ring (bicyclic) bond motifs is 1. The first-order chi connectivity index (χ1) is 8.38. The lowest BCUT2D eigenvalue weighted by molar-refractivity contribution is 0.834. The van der Waals surface area contributed by atoms with Gasteiger partial charge in [-0.1, -0.05) is 23.5 Å². The highest BCUT2D eigenvalue weighted by molar-refractivity contribution is 7.20. The number of imidazole rings is 1. The second-order valence-corrected chi connectivity index (χ2v) is 4.73. The van der Waals surface area contributed by atoms with Gasteiger partial charge in [-0.3, -0.25) is 4.57 Å². The van der Waals surface area contributed by atoms with Crippen molar-refractivity contribution >= 4 is 21.6 Å². The number of nitrogens with two attached hydrogens (primary N) is 1. The Morgan fingerprint density at radius 3 is 3.00 bits per heavy atom. The molecule has 0 unspecified atom stereocenters. The molecule has 2 heterocycles. The van der Waals surface area contributed by atoms with E-state index in [1.54, 1.807) is 17.5 Å². The topological polar surface area (TPSA) is 56.7 Å². The molecule has 4 nitrogen and oxygen atoms in total.